The highest BCUT2D eigenvalue weighted by Gasteiger charge is 2.41. The van der Waals surface area contributed by atoms with E-state index in [2.05, 4.69) is 40.0 Å². The topological polar surface area (TPSA) is 48.9 Å². The van der Waals surface area contributed by atoms with Crippen LogP contribution in [0.3, 0.4) is 0 Å². The van der Waals surface area contributed by atoms with Crippen LogP contribution in [-0.2, 0) is 11.3 Å². The zero-order valence-corrected chi connectivity index (χ0v) is 19.4. The van der Waals surface area contributed by atoms with Gasteiger partial charge in [-0.05, 0) is 62.9 Å². The van der Waals surface area contributed by atoms with Gasteiger partial charge < -0.3 is 15.4 Å². The molecule has 3 saturated heterocycles. The van der Waals surface area contributed by atoms with Crippen molar-refractivity contribution in [3.63, 3.8) is 0 Å². The minimum Gasteiger partial charge on any atom is -0.373 e. The van der Waals surface area contributed by atoms with Gasteiger partial charge in [0.2, 0.25) is 0 Å². The fraction of sp³-hybridized carbons (Fsp3) is 0.750. The number of aliphatic imine (C=N–C) groups is 1. The standard InChI is InChI=1S/C20H32N4OS.HI/c1-2-21-20(23-18-11-16-7-8-19(18)25-16)22-12-15-5-3-9-24(13-15)14-17-6-4-10-26-17;/h4,6,10,15-16,18-19H,2-3,5,7-9,11-14H2,1H3,(H2,21,22,23);1H. The lowest BCUT2D eigenvalue weighted by atomic mass is 9.95. The van der Waals surface area contributed by atoms with E-state index in [0.29, 0.717) is 24.2 Å². The van der Waals surface area contributed by atoms with Gasteiger partial charge in [-0.1, -0.05) is 6.07 Å². The summed E-state index contributed by atoms with van der Waals surface area (Å²) in [5.41, 5.74) is 0. The van der Waals surface area contributed by atoms with Crippen molar-refractivity contribution >= 4 is 41.3 Å². The Morgan fingerprint density at radius 2 is 2.30 bits per heavy atom. The second-order valence-electron chi connectivity index (χ2n) is 7.90. The van der Waals surface area contributed by atoms with E-state index in [-0.39, 0.29) is 24.0 Å². The Morgan fingerprint density at radius 1 is 1.37 bits per heavy atom. The summed E-state index contributed by atoms with van der Waals surface area (Å²) < 4.78 is 5.97. The molecule has 0 amide bonds. The van der Waals surface area contributed by atoms with E-state index in [1.54, 1.807) is 0 Å². The first-order valence-corrected chi connectivity index (χ1v) is 11.1. The molecule has 0 saturated carbocycles. The highest BCUT2D eigenvalue weighted by molar-refractivity contribution is 14.0. The fourth-order valence-corrected chi connectivity index (χ4v) is 5.32. The molecule has 0 aliphatic carbocycles. The van der Waals surface area contributed by atoms with Gasteiger partial charge in [-0.15, -0.1) is 35.3 Å². The number of nitrogens with one attached hydrogen (secondary N) is 2. The van der Waals surface area contributed by atoms with Crippen LogP contribution in [0.15, 0.2) is 22.5 Å². The Morgan fingerprint density at radius 3 is 3.00 bits per heavy atom. The third-order valence-corrected chi connectivity index (χ3v) is 6.70. The van der Waals surface area contributed by atoms with Gasteiger partial charge in [0, 0.05) is 31.1 Å². The third kappa shape index (κ3) is 5.81. The molecular formula is C20H33IN4OS. The van der Waals surface area contributed by atoms with Crippen LogP contribution in [0.5, 0.6) is 0 Å². The number of hydrogen-bond donors (Lipinski definition) is 2. The first-order chi connectivity index (χ1) is 12.8. The normalized spacial score (nSPS) is 30.9. The maximum absolute atomic E-state index is 5.97. The zero-order chi connectivity index (χ0) is 17.8. The number of halogens is 1. The van der Waals surface area contributed by atoms with E-state index in [9.17, 15) is 0 Å². The lowest BCUT2D eigenvalue weighted by Crippen LogP contribution is -2.47. The van der Waals surface area contributed by atoms with Crippen molar-refractivity contribution < 1.29 is 4.74 Å². The molecule has 2 N–H and O–H groups in total. The Hall–Kier alpha value is -0.380. The minimum absolute atomic E-state index is 0. The predicted octanol–water partition coefficient (Wildman–Crippen LogP) is 3.45. The van der Waals surface area contributed by atoms with Gasteiger partial charge in [0.15, 0.2) is 5.96 Å². The number of rotatable bonds is 6. The summed E-state index contributed by atoms with van der Waals surface area (Å²) in [6, 6.07) is 4.84. The number of fused-ring (bicyclic) bond motifs is 2. The predicted molar refractivity (Wildman–Crippen MR) is 123 cm³/mol. The summed E-state index contributed by atoms with van der Waals surface area (Å²) in [5, 5.41) is 9.24. The average Bonchev–Trinajstić information content (AvgIpc) is 3.39. The molecule has 0 aromatic carbocycles. The van der Waals surface area contributed by atoms with Crippen molar-refractivity contribution in [2.75, 3.05) is 26.2 Å². The zero-order valence-electron chi connectivity index (χ0n) is 16.2. The van der Waals surface area contributed by atoms with E-state index in [0.717, 1.165) is 38.6 Å². The number of nitrogens with zero attached hydrogens (tertiary/aromatic N) is 2. The Bertz CT molecular complexity index is 597. The van der Waals surface area contributed by atoms with E-state index >= 15 is 0 Å². The summed E-state index contributed by atoms with van der Waals surface area (Å²) in [7, 11) is 0. The Balaban J connectivity index is 0.00000210. The van der Waals surface area contributed by atoms with Gasteiger partial charge in [-0.3, -0.25) is 9.89 Å². The molecule has 2 bridgehead atoms. The van der Waals surface area contributed by atoms with Gasteiger partial charge in [0.1, 0.15) is 0 Å². The van der Waals surface area contributed by atoms with Crippen molar-refractivity contribution in [3.05, 3.63) is 22.4 Å². The number of hydrogen-bond acceptors (Lipinski definition) is 4. The van der Waals surface area contributed by atoms with E-state index in [1.165, 1.54) is 37.1 Å². The molecule has 4 heterocycles. The van der Waals surface area contributed by atoms with Crippen LogP contribution in [0, 0.1) is 5.92 Å². The Labute approximate surface area is 184 Å². The molecule has 4 rings (SSSR count). The van der Waals surface area contributed by atoms with E-state index < -0.39 is 0 Å². The molecule has 3 fully saturated rings. The first kappa shape index (κ1) is 21.3. The molecule has 3 aliphatic heterocycles. The van der Waals surface area contributed by atoms with E-state index in [1.807, 2.05) is 11.3 Å². The number of ether oxygens (including phenoxy) is 1. The highest BCUT2D eigenvalue weighted by Crippen LogP contribution is 2.34. The van der Waals surface area contributed by atoms with Crippen LogP contribution < -0.4 is 10.6 Å². The van der Waals surface area contributed by atoms with Crippen LogP contribution >= 0.6 is 35.3 Å². The van der Waals surface area contributed by atoms with Crippen LogP contribution in [-0.4, -0.2) is 55.3 Å². The molecule has 0 spiro atoms. The molecule has 4 atom stereocenters. The third-order valence-electron chi connectivity index (χ3n) is 5.84. The second-order valence-corrected chi connectivity index (χ2v) is 8.94. The molecule has 152 valence electrons. The summed E-state index contributed by atoms with van der Waals surface area (Å²) in [6.45, 7) is 7.44. The van der Waals surface area contributed by atoms with Gasteiger partial charge in [-0.2, -0.15) is 0 Å². The quantitative estimate of drug-likeness (QED) is 0.354. The van der Waals surface area contributed by atoms with Crippen molar-refractivity contribution in [1.29, 1.82) is 0 Å². The van der Waals surface area contributed by atoms with Crippen molar-refractivity contribution in [2.24, 2.45) is 10.9 Å². The molecule has 7 heteroatoms. The summed E-state index contributed by atoms with van der Waals surface area (Å²) in [5.74, 6) is 1.64. The first-order valence-electron chi connectivity index (χ1n) is 10.2. The van der Waals surface area contributed by atoms with Crippen molar-refractivity contribution in [3.8, 4) is 0 Å². The van der Waals surface area contributed by atoms with E-state index in [4.69, 9.17) is 9.73 Å². The van der Waals surface area contributed by atoms with Gasteiger partial charge >= 0.3 is 0 Å². The van der Waals surface area contributed by atoms with Crippen LogP contribution in [0.25, 0.3) is 0 Å². The highest BCUT2D eigenvalue weighted by atomic mass is 127. The molecule has 1 aromatic rings. The minimum atomic E-state index is 0. The second kappa shape index (κ2) is 10.4. The summed E-state index contributed by atoms with van der Waals surface area (Å²) in [6.07, 6.45) is 7.01. The number of likely N-dealkylation sites (tertiary alicyclic amines) is 1. The summed E-state index contributed by atoms with van der Waals surface area (Å²) in [4.78, 5) is 9.00. The monoisotopic (exact) mass is 504 g/mol. The number of thiophene rings is 1. The maximum Gasteiger partial charge on any atom is 0.191 e. The molecular weight excluding hydrogens is 471 g/mol. The smallest absolute Gasteiger partial charge is 0.191 e. The van der Waals surface area contributed by atoms with Crippen LogP contribution in [0.2, 0.25) is 0 Å². The SMILES string of the molecule is CCNC(=NCC1CCCN(Cc2cccs2)C1)NC1CC2CCC1O2.I. The largest absolute Gasteiger partial charge is 0.373 e. The molecule has 4 unspecified atom stereocenters. The molecule has 5 nitrogen and oxygen atoms in total. The molecule has 27 heavy (non-hydrogen) atoms. The maximum atomic E-state index is 5.97. The number of piperidine rings is 1. The van der Waals surface area contributed by atoms with Crippen LogP contribution in [0.4, 0.5) is 0 Å². The fourth-order valence-electron chi connectivity index (χ4n) is 4.57. The van der Waals surface area contributed by atoms with Crippen LogP contribution in [0.1, 0.15) is 43.9 Å². The van der Waals surface area contributed by atoms with Crippen molar-refractivity contribution in [2.45, 2.75) is 63.8 Å². The molecule has 0 radical (unpaired) electrons. The summed E-state index contributed by atoms with van der Waals surface area (Å²) >= 11 is 1.87. The van der Waals surface area contributed by atoms with Gasteiger partial charge in [0.25, 0.3) is 0 Å². The Kier molecular flexibility index (Phi) is 8.23. The lowest BCUT2D eigenvalue weighted by Gasteiger charge is -2.32. The average molecular weight is 504 g/mol. The van der Waals surface area contributed by atoms with Gasteiger partial charge in [-0.25, -0.2) is 0 Å². The number of guanidine groups is 1. The van der Waals surface area contributed by atoms with Crippen molar-refractivity contribution in [1.82, 2.24) is 15.5 Å². The lowest BCUT2D eigenvalue weighted by molar-refractivity contribution is 0.0992. The molecule has 3 aliphatic rings. The van der Waals surface area contributed by atoms with Gasteiger partial charge in [0.05, 0.1) is 18.2 Å². The molecule has 1 aromatic heterocycles.